The van der Waals surface area contributed by atoms with Crippen molar-refractivity contribution in [3.8, 4) is 0 Å². The van der Waals surface area contributed by atoms with Crippen LogP contribution < -0.4 is 5.32 Å². The monoisotopic (exact) mass is 313 g/mol. The summed E-state index contributed by atoms with van der Waals surface area (Å²) >= 11 is 5.65. The molecular weight excluding hydrogens is 294 g/mol. The highest BCUT2D eigenvalue weighted by Gasteiger charge is 2.30. The molecule has 1 heterocycles. The first-order valence-corrected chi connectivity index (χ1v) is 8.48. The van der Waals surface area contributed by atoms with Crippen molar-refractivity contribution < 1.29 is 0 Å². The number of halogens is 1. The van der Waals surface area contributed by atoms with Gasteiger partial charge in [-0.3, -0.25) is 0 Å². The molecule has 2 aliphatic carbocycles. The van der Waals surface area contributed by atoms with Gasteiger partial charge >= 0.3 is 0 Å². The predicted octanol–water partition coefficient (Wildman–Crippen LogP) is 4.54. The van der Waals surface area contributed by atoms with Crippen molar-refractivity contribution in [2.45, 2.75) is 50.5 Å². The molecule has 2 saturated carbocycles. The summed E-state index contributed by atoms with van der Waals surface area (Å²) in [4.78, 5) is 1.59. The van der Waals surface area contributed by atoms with Gasteiger partial charge in [0.2, 0.25) is 0 Å². The molecule has 1 aromatic rings. The third-order valence-electron chi connectivity index (χ3n) is 4.14. The quantitative estimate of drug-likeness (QED) is 0.860. The molecule has 1 N–H and O–H groups in total. The first kappa shape index (κ1) is 12.2. The molecule has 0 spiro atoms. The predicted molar refractivity (Wildman–Crippen MR) is 77.7 cm³/mol. The van der Waals surface area contributed by atoms with Crippen molar-refractivity contribution in [1.82, 2.24) is 5.32 Å². The largest absolute Gasteiger partial charge is 0.314 e. The lowest BCUT2D eigenvalue weighted by Gasteiger charge is -2.31. The lowest BCUT2D eigenvalue weighted by molar-refractivity contribution is 0.297. The molecule has 1 aromatic heterocycles. The van der Waals surface area contributed by atoms with Crippen molar-refractivity contribution in [3.05, 3.63) is 20.8 Å². The molecule has 2 aliphatic rings. The standard InChI is InChI=1S/C14H20BrNS/c15-13-7-8-17-14(13)12-4-2-1-3-10(12)9-16-11-5-6-11/h7-8,10-12,16H,1-6,9H2. The molecule has 2 atom stereocenters. The van der Waals surface area contributed by atoms with Crippen LogP contribution in [0.15, 0.2) is 15.9 Å². The van der Waals surface area contributed by atoms with Crippen LogP contribution in [0.1, 0.15) is 49.3 Å². The highest BCUT2D eigenvalue weighted by Crippen LogP contribution is 2.43. The Morgan fingerprint density at radius 2 is 2.06 bits per heavy atom. The Bertz CT molecular complexity index is 372. The molecule has 3 heteroatoms. The van der Waals surface area contributed by atoms with E-state index in [-0.39, 0.29) is 0 Å². The molecule has 3 rings (SSSR count). The van der Waals surface area contributed by atoms with Crippen LogP contribution in [0.3, 0.4) is 0 Å². The second-order valence-electron chi connectivity index (χ2n) is 5.47. The van der Waals surface area contributed by atoms with Crippen molar-refractivity contribution in [3.63, 3.8) is 0 Å². The molecular formula is C14H20BrNS. The van der Waals surface area contributed by atoms with Gasteiger partial charge in [0.25, 0.3) is 0 Å². The van der Waals surface area contributed by atoms with Crippen LogP contribution in [-0.4, -0.2) is 12.6 Å². The van der Waals surface area contributed by atoms with Crippen LogP contribution in [0, 0.1) is 5.92 Å². The maximum Gasteiger partial charge on any atom is 0.0317 e. The fourth-order valence-electron chi connectivity index (χ4n) is 2.97. The smallest absolute Gasteiger partial charge is 0.0317 e. The van der Waals surface area contributed by atoms with Crippen molar-refractivity contribution >= 4 is 27.3 Å². The maximum absolute atomic E-state index is 3.73. The number of hydrogen-bond donors (Lipinski definition) is 1. The highest BCUT2D eigenvalue weighted by atomic mass is 79.9. The van der Waals surface area contributed by atoms with Crippen LogP contribution in [0.4, 0.5) is 0 Å². The molecule has 0 bridgehead atoms. The van der Waals surface area contributed by atoms with E-state index >= 15 is 0 Å². The van der Waals surface area contributed by atoms with Crippen LogP contribution >= 0.6 is 27.3 Å². The van der Waals surface area contributed by atoms with Gasteiger partial charge in [0.15, 0.2) is 0 Å². The normalized spacial score (nSPS) is 29.5. The summed E-state index contributed by atoms with van der Waals surface area (Å²) in [6.45, 7) is 1.24. The van der Waals surface area contributed by atoms with Crippen molar-refractivity contribution in [2.75, 3.05) is 6.54 Å². The minimum absolute atomic E-state index is 0.796. The third-order valence-corrected chi connectivity index (χ3v) is 6.14. The number of hydrogen-bond acceptors (Lipinski definition) is 2. The van der Waals surface area contributed by atoms with E-state index in [9.17, 15) is 0 Å². The van der Waals surface area contributed by atoms with Crippen LogP contribution in [0.2, 0.25) is 0 Å². The zero-order valence-electron chi connectivity index (χ0n) is 10.1. The minimum Gasteiger partial charge on any atom is -0.314 e. The Hall–Kier alpha value is 0.140. The maximum atomic E-state index is 3.73. The Morgan fingerprint density at radius 1 is 1.24 bits per heavy atom. The second-order valence-corrected chi connectivity index (χ2v) is 7.27. The summed E-state index contributed by atoms with van der Waals surface area (Å²) in [6.07, 6.45) is 8.44. The molecule has 2 fully saturated rings. The zero-order chi connectivity index (χ0) is 11.7. The second kappa shape index (κ2) is 5.41. The SMILES string of the molecule is Brc1ccsc1C1CCCCC1CNC1CC1. The first-order valence-electron chi connectivity index (χ1n) is 6.81. The Morgan fingerprint density at radius 3 is 2.76 bits per heavy atom. The van der Waals surface area contributed by atoms with E-state index in [4.69, 9.17) is 0 Å². The molecule has 0 amide bonds. The summed E-state index contributed by atoms with van der Waals surface area (Å²) in [5.74, 6) is 1.66. The number of nitrogens with one attached hydrogen (secondary N) is 1. The summed E-state index contributed by atoms with van der Waals surface area (Å²) in [7, 11) is 0. The summed E-state index contributed by atoms with van der Waals surface area (Å²) in [5, 5.41) is 5.95. The van der Waals surface area contributed by atoms with E-state index in [2.05, 4.69) is 32.7 Å². The molecule has 2 unspecified atom stereocenters. The highest BCUT2D eigenvalue weighted by molar-refractivity contribution is 9.10. The average molecular weight is 314 g/mol. The van der Waals surface area contributed by atoms with E-state index in [0.29, 0.717) is 0 Å². The zero-order valence-corrected chi connectivity index (χ0v) is 12.5. The first-order chi connectivity index (χ1) is 8.34. The van der Waals surface area contributed by atoms with Gasteiger partial charge in [-0.2, -0.15) is 0 Å². The van der Waals surface area contributed by atoms with E-state index < -0.39 is 0 Å². The Kier molecular flexibility index (Phi) is 3.88. The summed E-state index contributed by atoms with van der Waals surface area (Å²) < 4.78 is 1.34. The average Bonchev–Trinajstić information content (AvgIpc) is 3.09. The Balaban J connectivity index is 1.68. The topological polar surface area (TPSA) is 12.0 Å². The van der Waals surface area contributed by atoms with E-state index in [1.807, 2.05) is 11.3 Å². The van der Waals surface area contributed by atoms with E-state index in [0.717, 1.165) is 17.9 Å². The molecule has 0 aliphatic heterocycles. The molecule has 17 heavy (non-hydrogen) atoms. The summed E-state index contributed by atoms with van der Waals surface area (Å²) in [6, 6.07) is 3.06. The molecule has 0 saturated heterocycles. The van der Waals surface area contributed by atoms with Gasteiger partial charge < -0.3 is 5.32 Å². The van der Waals surface area contributed by atoms with E-state index in [1.54, 1.807) is 4.88 Å². The van der Waals surface area contributed by atoms with Crippen LogP contribution in [-0.2, 0) is 0 Å². The van der Waals surface area contributed by atoms with Gasteiger partial charge in [0, 0.05) is 15.4 Å². The summed E-state index contributed by atoms with van der Waals surface area (Å²) in [5.41, 5.74) is 0. The van der Waals surface area contributed by atoms with Crippen LogP contribution in [0.25, 0.3) is 0 Å². The fourth-order valence-corrected chi connectivity index (χ4v) is 4.87. The van der Waals surface area contributed by atoms with Crippen LogP contribution in [0.5, 0.6) is 0 Å². The number of rotatable bonds is 4. The van der Waals surface area contributed by atoms with Gasteiger partial charge in [-0.25, -0.2) is 0 Å². The molecule has 94 valence electrons. The third kappa shape index (κ3) is 2.94. The van der Waals surface area contributed by atoms with Gasteiger partial charge in [-0.1, -0.05) is 12.8 Å². The van der Waals surface area contributed by atoms with Gasteiger partial charge in [0.1, 0.15) is 0 Å². The number of thiophene rings is 1. The molecule has 0 aromatic carbocycles. The van der Waals surface area contributed by atoms with Gasteiger partial charge in [-0.05, 0) is 71.4 Å². The van der Waals surface area contributed by atoms with Crippen molar-refractivity contribution in [2.24, 2.45) is 5.92 Å². The van der Waals surface area contributed by atoms with Gasteiger partial charge in [-0.15, -0.1) is 11.3 Å². The lowest BCUT2D eigenvalue weighted by atomic mass is 9.78. The fraction of sp³-hybridized carbons (Fsp3) is 0.714. The van der Waals surface area contributed by atoms with E-state index in [1.165, 1.54) is 49.5 Å². The lowest BCUT2D eigenvalue weighted by Crippen LogP contribution is -2.30. The molecule has 0 radical (unpaired) electrons. The van der Waals surface area contributed by atoms with Gasteiger partial charge in [0.05, 0.1) is 0 Å². The minimum atomic E-state index is 0.796. The van der Waals surface area contributed by atoms with Crippen molar-refractivity contribution in [1.29, 1.82) is 0 Å². The molecule has 1 nitrogen and oxygen atoms in total. The Labute approximate surface area is 116 Å².